The number of aromatic nitrogens is 1. The van der Waals surface area contributed by atoms with Crippen LogP contribution in [0.3, 0.4) is 0 Å². The highest BCUT2D eigenvalue weighted by Gasteiger charge is 2.14. The summed E-state index contributed by atoms with van der Waals surface area (Å²) in [6.45, 7) is 7.42. The molecule has 0 unspecified atom stereocenters. The molecule has 0 radical (unpaired) electrons. The van der Waals surface area contributed by atoms with Crippen molar-refractivity contribution in [2.75, 3.05) is 51.7 Å². The van der Waals surface area contributed by atoms with E-state index in [1.54, 1.807) is 37.4 Å². The molecule has 1 aromatic heterocycles. The SMILES string of the molecule is CNC(=O)c1cc(Oc2ccc(CNC(=O)Nc3cc(C)c(Cl)cc3OCCN3CCNCC3)cc2)ccn1. The summed E-state index contributed by atoms with van der Waals surface area (Å²) >= 11 is 6.33. The van der Waals surface area contributed by atoms with E-state index < -0.39 is 0 Å². The first kappa shape index (κ1) is 28.2. The van der Waals surface area contributed by atoms with Crippen LogP contribution in [0.1, 0.15) is 21.6 Å². The Morgan fingerprint density at radius 3 is 2.59 bits per heavy atom. The van der Waals surface area contributed by atoms with E-state index in [1.165, 1.54) is 6.20 Å². The van der Waals surface area contributed by atoms with Crippen LogP contribution in [0, 0.1) is 6.92 Å². The summed E-state index contributed by atoms with van der Waals surface area (Å²) in [6.07, 6.45) is 1.52. The van der Waals surface area contributed by atoms with Gasteiger partial charge < -0.3 is 30.7 Å². The second-order valence-electron chi connectivity index (χ2n) is 9.05. The lowest BCUT2D eigenvalue weighted by molar-refractivity contribution is 0.0957. The zero-order valence-electron chi connectivity index (χ0n) is 22.1. The van der Waals surface area contributed by atoms with Crippen molar-refractivity contribution in [1.82, 2.24) is 25.8 Å². The van der Waals surface area contributed by atoms with Crippen molar-refractivity contribution in [2.45, 2.75) is 13.5 Å². The average molecular weight is 553 g/mol. The van der Waals surface area contributed by atoms with Crippen molar-refractivity contribution >= 4 is 29.2 Å². The third-order valence-electron chi connectivity index (χ3n) is 6.19. The fourth-order valence-electron chi connectivity index (χ4n) is 3.99. The summed E-state index contributed by atoms with van der Waals surface area (Å²) in [5.41, 5.74) is 2.56. The van der Waals surface area contributed by atoms with Crippen LogP contribution < -0.4 is 30.7 Å². The van der Waals surface area contributed by atoms with Gasteiger partial charge >= 0.3 is 6.03 Å². The maximum absolute atomic E-state index is 12.7. The van der Waals surface area contributed by atoms with Crippen LogP contribution in [-0.2, 0) is 6.54 Å². The van der Waals surface area contributed by atoms with Gasteiger partial charge in [-0.3, -0.25) is 14.7 Å². The Morgan fingerprint density at radius 1 is 1.08 bits per heavy atom. The van der Waals surface area contributed by atoms with Crippen molar-refractivity contribution < 1.29 is 19.1 Å². The van der Waals surface area contributed by atoms with E-state index in [4.69, 9.17) is 21.1 Å². The van der Waals surface area contributed by atoms with Gasteiger partial charge in [-0.05, 0) is 42.3 Å². The quantitative estimate of drug-likeness (QED) is 0.302. The average Bonchev–Trinajstić information content (AvgIpc) is 2.95. The van der Waals surface area contributed by atoms with Crippen molar-refractivity contribution in [2.24, 2.45) is 0 Å². The number of carbonyl (C=O) groups excluding carboxylic acids is 2. The number of benzene rings is 2. The number of piperazine rings is 1. The summed E-state index contributed by atoms with van der Waals surface area (Å²) in [6, 6.07) is 13.7. The van der Waals surface area contributed by atoms with E-state index in [0.29, 0.717) is 41.1 Å². The van der Waals surface area contributed by atoms with Gasteiger partial charge in [0.15, 0.2) is 0 Å². The van der Waals surface area contributed by atoms with Crippen molar-refractivity contribution in [3.63, 3.8) is 0 Å². The first-order valence-electron chi connectivity index (χ1n) is 12.8. The van der Waals surface area contributed by atoms with Crippen LogP contribution >= 0.6 is 11.6 Å². The number of ether oxygens (including phenoxy) is 2. The molecule has 0 bridgehead atoms. The zero-order chi connectivity index (χ0) is 27.6. The lowest BCUT2D eigenvalue weighted by atomic mass is 10.2. The maximum Gasteiger partial charge on any atom is 0.319 e. The van der Waals surface area contributed by atoms with Gasteiger partial charge in [-0.25, -0.2) is 4.79 Å². The Kier molecular flexibility index (Phi) is 9.96. The molecule has 2 heterocycles. The summed E-state index contributed by atoms with van der Waals surface area (Å²) < 4.78 is 11.8. The Morgan fingerprint density at radius 2 is 1.85 bits per heavy atom. The third-order valence-corrected chi connectivity index (χ3v) is 6.59. The molecule has 10 nitrogen and oxygen atoms in total. The van der Waals surface area contributed by atoms with Gasteiger partial charge in [0.1, 0.15) is 29.5 Å². The Hall–Kier alpha value is -3.86. The molecule has 1 aliphatic rings. The summed E-state index contributed by atoms with van der Waals surface area (Å²) in [5.74, 6) is 1.34. The molecule has 3 aromatic rings. The molecule has 0 atom stereocenters. The molecule has 1 saturated heterocycles. The number of aryl methyl sites for hydroxylation is 1. The minimum Gasteiger partial charge on any atom is -0.490 e. The summed E-state index contributed by atoms with van der Waals surface area (Å²) in [7, 11) is 1.54. The van der Waals surface area contributed by atoms with E-state index in [1.807, 2.05) is 25.1 Å². The smallest absolute Gasteiger partial charge is 0.319 e. The molecule has 39 heavy (non-hydrogen) atoms. The number of nitrogens with zero attached hydrogens (tertiary/aromatic N) is 2. The van der Waals surface area contributed by atoms with E-state index in [-0.39, 0.29) is 17.6 Å². The molecule has 206 valence electrons. The predicted octanol–water partition coefficient (Wildman–Crippen LogP) is 3.80. The number of amides is 3. The van der Waals surface area contributed by atoms with Gasteiger partial charge in [-0.15, -0.1) is 0 Å². The van der Waals surface area contributed by atoms with Gasteiger partial charge in [0.05, 0.1) is 5.69 Å². The normalized spacial score (nSPS) is 13.4. The van der Waals surface area contributed by atoms with Crippen LogP contribution in [0.25, 0.3) is 0 Å². The monoisotopic (exact) mass is 552 g/mol. The molecule has 0 spiro atoms. The number of halogens is 1. The fraction of sp³-hybridized carbons (Fsp3) is 0.321. The Labute approximate surface area is 233 Å². The van der Waals surface area contributed by atoms with E-state index in [0.717, 1.165) is 43.9 Å². The zero-order valence-corrected chi connectivity index (χ0v) is 22.8. The van der Waals surface area contributed by atoms with Gasteiger partial charge in [0.25, 0.3) is 5.91 Å². The highest BCUT2D eigenvalue weighted by atomic mass is 35.5. The predicted molar refractivity (Wildman–Crippen MR) is 151 cm³/mol. The third kappa shape index (κ3) is 8.31. The molecule has 0 aliphatic carbocycles. The second-order valence-corrected chi connectivity index (χ2v) is 9.45. The summed E-state index contributed by atoms with van der Waals surface area (Å²) in [4.78, 5) is 30.8. The van der Waals surface area contributed by atoms with Gasteiger partial charge in [0.2, 0.25) is 0 Å². The minimum absolute atomic E-state index is 0.269. The van der Waals surface area contributed by atoms with Crippen LogP contribution in [0.5, 0.6) is 17.2 Å². The molecule has 4 N–H and O–H groups in total. The number of carbonyl (C=O) groups is 2. The van der Waals surface area contributed by atoms with Crippen molar-refractivity contribution in [3.05, 3.63) is 76.6 Å². The molecule has 2 aromatic carbocycles. The molecular weight excluding hydrogens is 520 g/mol. The van der Waals surface area contributed by atoms with Crippen LogP contribution in [0.15, 0.2) is 54.7 Å². The molecule has 11 heteroatoms. The first-order chi connectivity index (χ1) is 18.9. The lowest BCUT2D eigenvalue weighted by Gasteiger charge is -2.27. The van der Waals surface area contributed by atoms with Crippen LogP contribution in [-0.4, -0.2) is 68.2 Å². The number of hydrogen-bond acceptors (Lipinski definition) is 7. The number of urea groups is 1. The van der Waals surface area contributed by atoms with Crippen LogP contribution in [0.4, 0.5) is 10.5 Å². The molecule has 1 aliphatic heterocycles. The standard InChI is InChI=1S/C28H33ClN6O4/c1-19-15-24(26(17-23(19)29)38-14-13-35-11-9-31-10-12-35)34-28(37)33-18-20-3-5-21(6-4-20)39-22-7-8-32-25(16-22)27(36)30-2/h3-8,15-17,31H,9-14,18H2,1-2H3,(H,30,36)(H2,33,34,37). The van der Waals surface area contributed by atoms with Gasteiger partial charge in [-0.2, -0.15) is 0 Å². The second kappa shape index (κ2) is 13.8. The largest absolute Gasteiger partial charge is 0.490 e. The number of anilines is 1. The van der Waals surface area contributed by atoms with E-state index in [2.05, 4.69) is 31.2 Å². The molecule has 1 fully saturated rings. The number of pyridine rings is 1. The van der Waals surface area contributed by atoms with Gasteiger partial charge in [0, 0.05) is 69.7 Å². The topological polar surface area (TPSA) is 117 Å². The Balaban J connectivity index is 1.29. The highest BCUT2D eigenvalue weighted by Crippen LogP contribution is 2.31. The Bertz CT molecular complexity index is 1280. The van der Waals surface area contributed by atoms with Crippen molar-refractivity contribution in [3.8, 4) is 17.2 Å². The molecule has 3 amide bonds. The molecule has 0 saturated carbocycles. The summed E-state index contributed by atoms with van der Waals surface area (Å²) in [5, 5.41) is 12.2. The fourth-order valence-corrected chi connectivity index (χ4v) is 4.14. The number of rotatable bonds is 10. The minimum atomic E-state index is -0.359. The number of hydrogen-bond donors (Lipinski definition) is 4. The van der Waals surface area contributed by atoms with E-state index in [9.17, 15) is 9.59 Å². The van der Waals surface area contributed by atoms with Gasteiger partial charge in [-0.1, -0.05) is 23.7 Å². The van der Waals surface area contributed by atoms with Crippen LogP contribution in [0.2, 0.25) is 5.02 Å². The highest BCUT2D eigenvalue weighted by molar-refractivity contribution is 6.31. The van der Waals surface area contributed by atoms with Crippen molar-refractivity contribution in [1.29, 1.82) is 0 Å². The first-order valence-corrected chi connectivity index (χ1v) is 13.1. The molecular formula is C28H33ClN6O4. The number of nitrogens with one attached hydrogen (secondary N) is 4. The molecule has 4 rings (SSSR count). The lowest BCUT2D eigenvalue weighted by Crippen LogP contribution is -2.44. The van der Waals surface area contributed by atoms with E-state index >= 15 is 0 Å². The maximum atomic E-state index is 12.7.